The maximum atomic E-state index is 13.3. The summed E-state index contributed by atoms with van der Waals surface area (Å²) in [5.41, 5.74) is 0.193. The van der Waals surface area contributed by atoms with Gasteiger partial charge in [-0.1, -0.05) is 37.8 Å². The second-order valence-electron chi connectivity index (χ2n) is 9.89. The molecule has 3 aliphatic rings. The molecular formula is C27H32O5. The van der Waals surface area contributed by atoms with Gasteiger partial charge in [0.15, 0.2) is 0 Å². The van der Waals surface area contributed by atoms with Gasteiger partial charge in [-0.05, 0) is 61.8 Å². The summed E-state index contributed by atoms with van der Waals surface area (Å²) in [5.74, 6) is 3.47. The number of methoxy groups -OCH3 is 1. The van der Waals surface area contributed by atoms with Crippen molar-refractivity contribution >= 4 is 0 Å². The Kier molecular flexibility index (Phi) is 5.52. The summed E-state index contributed by atoms with van der Waals surface area (Å²) in [4.78, 5) is 13.3. The highest BCUT2D eigenvalue weighted by Gasteiger charge is 2.46. The van der Waals surface area contributed by atoms with E-state index in [0.29, 0.717) is 24.0 Å². The standard InChI is InChI=1S/C27H32O5/c1-17-11-12-27(32-17,16-20-5-6-20)25-23(28)15-24(31-26(25)29)21(13-18-3-4-18)14-19-7-9-22(30-2)10-8-19/h7-11,15,18,20-21,28H,3-6,12-14,16H2,1-2H3. The summed E-state index contributed by atoms with van der Waals surface area (Å²) >= 11 is 0. The van der Waals surface area contributed by atoms with E-state index in [-0.39, 0.29) is 17.2 Å². The minimum absolute atomic E-state index is 0.00975. The Balaban J connectivity index is 1.45. The Bertz CT molecular complexity index is 1060. The van der Waals surface area contributed by atoms with Crippen LogP contribution in [-0.2, 0) is 16.8 Å². The van der Waals surface area contributed by atoms with Gasteiger partial charge in [0.25, 0.3) is 0 Å². The van der Waals surface area contributed by atoms with Crippen molar-refractivity contribution in [1.82, 2.24) is 0 Å². The molecule has 1 aromatic carbocycles. The van der Waals surface area contributed by atoms with Crippen molar-refractivity contribution in [2.75, 3.05) is 7.11 Å². The van der Waals surface area contributed by atoms with Gasteiger partial charge in [-0.2, -0.15) is 0 Å². The first kappa shape index (κ1) is 21.2. The summed E-state index contributed by atoms with van der Waals surface area (Å²) in [6.45, 7) is 1.90. The van der Waals surface area contributed by atoms with E-state index < -0.39 is 11.2 Å². The van der Waals surface area contributed by atoms with Crippen LogP contribution in [0.5, 0.6) is 11.5 Å². The minimum Gasteiger partial charge on any atom is -0.507 e. The number of benzene rings is 1. The fourth-order valence-corrected chi connectivity index (χ4v) is 5.09. The number of hydrogen-bond acceptors (Lipinski definition) is 5. The quantitative estimate of drug-likeness (QED) is 0.538. The van der Waals surface area contributed by atoms with E-state index in [4.69, 9.17) is 13.9 Å². The van der Waals surface area contributed by atoms with Gasteiger partial charge < -0.3 is 19.0 Å². The topological polar surface area (TPSA) is 68.9 Å². The van der Waals surface area contributed by atoms with Crippen LogP contribution in [0.1, 0.15) is 74.7 Å². The molecule has 170 valence electrons. The molecule has 1 aromatic heterocycles. The lowest BCUT2D eigenvalue weighted by molar-refractivity contribution is 0.00455. The van der Waals surface area contributed by atoms with Crippen LogP contribution in [0.25, 0.3) is 0 Å². The molecule has 2 heterocycles. The van der Waals surface area contributed by atoms with Crippen molar-refractivity contribution in [2.24, 2.45) is 11.8 Å². The molecule has 2 atom stereocenters. The molecule has 1 N–H and O–H groups in total. The Hall–Kier alpha value is -2.69. The zero-order valence-electron chi connectivity index (χ0n) is 18.9. The molecule has 0 amide bonds. The molecule has 2 saturated carbocycles. The Morgan fingerprint density at radius 2 is 1.88 bits per heavy atom. The van der Waals surface area contributed by atoms with Crippen molar-refractivity contribution in [2.45, 2.75) is 69.8 Å². The first-order valence-corrected chi connectivity index (χ1v) is 11.8. The Morgan fingerprint density at radius 3 is 2.44 bits per heavy atom. The number of hydrogen-bond donors (Lipinski definition) is 1. The van der Waals surface area contributed by atoms with E-state index in [2.05, 4.69) is 12.1 Å². The van der Waals surface area contributed by atoms with Crippen LogP contribution in [0.3, 0.4) is 0 Å². The summed E-state index contributed by atoms with van der Waals surface area (Å²) in [5, 5.41) is 11.1. The van der Waals surface area contributed by atoms with Crippen LogP contribution in [-0.4, -0.2) is 12.2 Å². The summed E-state index contributed by atoms with van der Waals surface area (Å²) in [6.07, 6.45) is 9.81. The van der Waals surface area contributed by atoms with Crippen LogP contribution < -0.4 is 10.4 Å². The second-order valence-corrected chi connectivity index (χ2v) is 9.89. The molecule has 5 rings (SSSR count). The molecule has 0 bridgehead atoms. The fourth-order valence-electron chi connectivity index (χ4n) is 5.09. The Morgan fingerprint density at radius 1 is 1.16 bits per heavy atom. The summed E-state index contributed by atoms with van der Waals surface area (Å²) in [6, 6.07) is 9.69. The first-order chi connectivity index (χ1) is 15.5. The highest BCUT2D eigenvalue weighted by molar-refractivity contribution is 5.39. The normalized spacial score (nSPS) is 23.5. The third-order valence-corrected chi connectivity index (χ3v) is 7.15. The lowest BCUT2D eigenvalue weighted by atomic mass is 9.85. The predicted octanol–water partition coefficient (Wildman–Crippen LogP) is 5.80. The van der Waals surface area contributed by atoms with Gasteiger partial charge in [0.2, 0.25) is 0 Å². The van der Waals surface area contributed by atoms with E-state index in [1.165, 1.54) is 12.8 Å². The van der Waals surface area contributed by atoms with Crippen molar-refractivity contribution in [1.29, 1.82) is 0 Å². The summed E-state index contributed by atoms with van der Waals surface area (Å²) < 4.78 is 17.4. The van der Waals surface area contributed by atoms with E-state index >= 15 is 0 Å². The lowest BCUT2D eigenvalue weighted by Crippen LogP contribution is -2.32. The van der Waals surface area contributed by atoms with Gasteiger partial charge in [-0.15, -0.1) is 0 Å². The molecule has 2 aliphatic carbocycles. The lowest BCUT2D eigenvalue weighted by Gasteiger charge is -2.30. The highest BCUT2D eigenvalue weighted by atomic mass is 16.5. The number of allylic oxidation sites excluding steroid dienone is 1. The van der Waals surface area contributed by atoms with Gasteiger partial charge in [-0.25, -0.2) is 4.79 Å². The van der Waals surface area contributed by atoms with Crippen molar-refractivity contribution in [3.63, 3.8) is 0 Å². The van der Waals surface area contributed by atoms with Crippen molar-refractivity contribution < 1.29 is 19.0 Å². The van der Waals surface area contributed by atoms with Crippen LogP contribution in [0.2, 0.25) is 0 Å². The first-order valence-electron chi connectivity index (χ1n) is 11.8. The van der Waals surface area contributed by atoms with E-state index in [1.807, 2.05) is 25.1 Å². The smallest absolute Gasteiger partial charge is 0.347 e. The zero-order valence-corrected chi connectivity index (χ0v) is 18.9. The molecule has 0 radical (unpaired) electrons. The minimum atomic E-state index is -0.795. The second kappa shape index (κ2) is 8.34. The molecule has 5 heteroatoms. The van der Waals surface area contributed by atoms with E-state index in [0.717, 1.165) is 49.2 Å². The molecule has 0 spiro atoms. The van der Waals surface area contributed by atoms with E-state index in [1.54, 1.807) is 13.2 Å². The highest BCUT2D eigenvalue weighted by Crippen LogP contribution is 2.50. The van der Waals surface area contributed by atoms with Gasteiger partial charge >= 0.3 is 5.63 Å². The molecule has 5 nitrogen and oxygen atoms in total. The number of rotatable bonds is 9. The number of aromatic hydroxyl groups is 1. The summed E-state index contributed by atoms with van der Waals surface area (Å²) in [7, 11) is 1.66. The average Bonchev–Trinajstić information content (AvgIpc) is 3.69. The van der Waals surface area contributed by atoms with Gasteiger partial charge in [0.05, 0.1) is 12.9 Å². The van der Waals surface area contributed by atoms with Gasteiger partial charge in [0.1, 0.15) is 28.4 Å². The maximum Gasteiger partial charge on any atom is 0.347 e. The van der Waals surface area contributed by atoms with Crippen molar-refractivity contribution in [3.8, 4) is 11.5 Å². The molecule has 1 aliphatic heterocycles. The molecule has 2 fully saturated rings. The predicted molar refractivity (Wildman–Crippen MR) is 122 cm³/mol. The van der Waals surface area contributed by atoms with Crippen molar-refractivity contribution in [3.05, 3.63) is 69.5 Å². The largest absolute Gasteiger partial charge is 0.507 e. The molecule has 2 unspecified atom stereocenters. The van der Waals surface area contributed by atoms with E-state index in [9.17, 15) is 9.90 Å². The molecule has 2 aromatic rings. The molecule has 0 saturated heterocycles. The molecule has 32 heavy (non-hydrogen) atoms. The third kappa shape index (κ3) is 4.43. The van der Waals surface area contributed by atoms with Crippen LogP contribution >= 0.6 is 0 Å². The Labute approximate surface area is 189 Å². The maximum absolute atomic E-state index is 13.3. The number of ether oxygens (including phenoxy) is 2. The third-order valence-electron chi connectivity index (χ3n) is 7.15. The van der Waals surface area contributed by atoms with Crippen LogP contribution in [0, 0.1) is 11.8 Å². The van der Waals surface area contributed by atoms with Crippen LogP contribution in [0.4, 0.5) is 0 Å². The fraction of sp³-hybridized carbons (Fsp3) is 0.519. The van der Waals surface area contributed by atoms with Crippen LogP contribution in [0.15, 0.2) is 51.4 Å². The molecular weight excluding hydrogens is 404 g/mol. The van der Waals surface area contributed by atoms with Gasteiger partial charge in [-0.3, -0.25) is 0 Å². The monoisotopic (exact) mass is 436 g/mol. The SMILES string of the molecule is COc1ccc(CC(CC2CC2)c2cc(O)c(C3(CC4CC4)CC=C(C)O3)c(=O)o2)cc1. The average molecular weight is 437 g/mol. The zero-order chi connectivity index (χ0) is 22.3. The van der Waals surface area contributed by atoms with Gasteiger partial charge in [0, 0.05) is 18.4 Å².